The zero-order chi connectivity index (χ0) is 19.8. The monoisotopic (exact) mass is 388 g/mol. The molecule has 0 aliphatic heterocycles. The number of fused-ring (bicyclic) bond motifs is 1. The van der Waals surface area contributed by atoms with Gasteiger partial charge in [0, 0.05) is 11.8 Å². The van der Waals surface area contributed by atoms with E-state index in [-0.39, 0.29) is 23.6 Å². The van der Waals surface area contributed by atoms with E-state index in [4.69, 9.17) is 0 Å². The lowest BCUT2D eigenvalue weighted by Crippen LogP contribution is -2.24. The third-order valence-electron chi connectivity index (χ3n) is 3.68. The third kappa shape index (κ3) is 4.01. The van der Waals surface area contributed by atoms with E-state index in [0.717, 1.165) is 47.0 Å². The van der Waals surface area contributed by atoms with Gasteiger partial charge in [-0.05, 0) is 36.4 Å². The number of halogens is 6. The number of pyridine rings is 1. The Labute approximate surface area is 147 Å². The fourth-order valence-electron chi connectivity index (χ4n) is 2.30. The van der Waals surface area contributed by atoms with E-state index in [2.05, 4.69) is 15.5 Å². The summed E-state index contributed by atoms with van der Waals surface area (Å²) in [4.78, 5) is 12.0. The topological polar surface area (TPSA) is 59.3 Å². The second kappa shape index (κ2) is 6.56. The molecule has 1 amide bonds. The van der Waals surface area contributed by atoms with Gasteiger partial charge in [-0.15, -0.1) is 10.2 Å². The van der Waals surface area contributed by atoms with Crippen molar-refractivity contribution in [2.24, 2.45) is 0 Å². The highest BCUT2D eigenvalue weighted by Crippen LogP contribution is 2.30. The van der Waals surface area contributed by atoms with Crippen molar-refractivity contribution in [3.8, 4) is 0 Å². The molecule has 2 aromatic heterocycles. The van der Waals surface area contributed by atoms with E-state index in [0.29, 0.717) is 0 Å². The normalized spacial score (nSPS) is 12.4. The molecule has 0 atom stereocenters. The van der Waals surface area contributed by atoms with Crippen LogP contribution in [0.5, 0.6) is 0 Å². The number of carbonyl (C=O) groups is 1. The molecule has 3 rings (SSSR count). The van der Waals surface area contributed by atoms with Gasteiger partial charge in [-0.1, -0.05) is 0 Å². The summed E-state index contributed by atoms with van der Waals surface area (Å²) in [5, 5.41) is 9.80. The van der Waals surface area contributed by atoms with Crippen LogP contribution < -0.4 is 5.32 Å². The molecular weight excluding hydrogens is 378 g/mol. The summed E-state index contributed by atoms with van der Waals surface area (Å²) in [5.41, 5.74) is -1.69. The Bertz CT molecular complexity index is 975. The number of hydrogen-bond acceptors (Lipinski definition) is 3. The zero-order valence-electron chi connectivity index (χ0n) is 13.3. The zero-order valence-corrected chi connectivity index (χ0v) is 13.3. The van der Waals surface area contributed by atoms with Gasteiger partial charge in [-0.25, -0.2) is 0 Å². The average molecular weight is 388 g/mol. The second-order valence-corrected chi connectivity index (χ2v) is 5.52. The standard InChI is InChI=1S/C16H10F6N4O/c17-15(18,19)10-3-1-9(2-4-10)14(27)23-7-13-25-24-12-6-5-11(8-26(12)13)16(20,21)22/h1-6,8H,7H2,(H,23,27). The minimum atomic E-state index is -4.56. The van der Waals surface area contributed by atoms with Crippen LogP contribution in [0.1, 0.15) is 27.3 Å². The average Bonchev–Trinajstić information content (AvgIpc) is 3.00. The molecule has 0 unspecified atom stereocenters. The summed E-state index contributed by atoms with van der Waals surface area (Å²) in [6.07, 6.45) is -8.28. The molecule has 0 bridgehead atoms. The number of aromatic nitrogens is 3. The van der Waals surface area contributed by atoms with Crippen LogP contribution in [-0.4, -0.2) is 20.5 Å². The Balaban J connectivity index is 1.75. The van der Waals surface area contributed by atoms with Crippen LogP contribution in [0.2, 0.25) is 0 Å². The number of rotatable bonds is 3. The van der Waals surface area contributed by atoms with Gasteiger partial charge in [0.1, 0.15) is 0 Å². The van der Waals surface area contributed by atoms with E-state index in [1.807, 2.05) is 0 Å². The first-order chi connectivity index (χ1) is 12.6. The van der Waals surface area contributed by atoms with Crippen LogP contribution in [0.3, 0.4) is 0 Å². The molecule has 142 valence electrons. The smallest absolute Gasteiger partial charge is 0.345 e. The predicted octanol–water partition coefficient (Wildman–Crippen LogP) is 3.70. The van der Waals surface area contributed by atoms with Gasteiger partial charge < -0.3 is 5.32 Å². The number of benzene rings is 1. The van der Waals surface area contributed by atoms with E-state index in [1.54, 1.807) is 0 Å². The first-order valence-corrected chi connectivity index (χ1v) is 7.42. The van der Waals surface area contributed by atoms with Gasteiger partial charge in [0.15, 0.2) is 11.5 Å². The van der Waals surface area contributed by atoms with Crippen LogP contribution in [0, 0.1) is 0 Å². The van der Waals surface area contributed by atoms with Crippen molar-refractivity contribution in [2.45, 2.75) is 18.9 Å². The highest BCUT2D eigenvalue weighted by atomic mass is 19.4. The molecule has 1 aromatic carbocycles. The van der Waals surface area contributed by atoms with Crippen LogP contribution in [0.25, 0.3) is 5.65 Å². The van der Waals surface area contributed by atoms with Gasteiger partial charge in [-0.3, -0.25) is 9.20 Å². The molecule has 0 saturated heterocycles. The van der Waals surface area contributed by atoms with Crippen molar-refractivity contribution in [2.75, 3.05) is 0 Å². The maximum atomic E-state index is 12.8. The highest BCUT2D eigenvalue weighted by Gasteiger charge is 2.31. The Kier molecular flexibility index (Phi) is 4.54. The molecule has 2 heterocycles. The van der Waals surface area contributed by atoms with E-state index < -0.39 is 29.4 Å². The molecule has 0 spiro atoms. The maximum Gasteiger partial charge on any atom is 0.417 e. The van der Waals surface area contributed by atoms with Gasteiger partial charge in [0.25, 0.3) is 5.91 Å². The molecule has 0 aliphatic carbocycles. The molecular formula is C16H10F6N4O. The fourth-order valence-corrected chi connectivity index (χ4v) is 2.30. The number of carbonyl (C=O) groups excluding carboxylic acids is 1. The van der Waals surface area contributed by atoms with Crippen molar-refractivity contribution < 1.29 is 31.1 Å². The Morgan fingerprint density at radius 2 is 1.48 bits per heavy atom. The quantitative estimate of drug-likeness (QED) is 0.697. The lowest BCUT2D eigenvalue weighted by molar-refractivity contribution is -0.138. The molecule has 0 saturated carbocycles. The second-order valence-electron chi connectivity index (χ2n) is 5.52. The number of nitrogens with one attached hydrogen (secondary N) is 1. The number of hydrogen-bond donors (Lipinski definition) is 1. The van der Waals surface area contributed by atoms with Crippen LogP contribution >= 0.6 is 0 Å². The van der Waals surface area contributed by atoms with Crippen LogP contribution in [-0.2, 0) is 18.9 Å². The third-order valence-corrected chi connectivity index (χ3v) is 3.68. The van der Waals surface area contributed by atoms with Crippen LogP contribution in [0.15, 0.2) is 42.6 Å². The molecule has 5 nitrogen and oxygen atoms in total. The Morgan fingerprint density at radius 3 is 2.07 bits per heavy atom. The lowest BCUT2D eigenvalue weighted by Gasteiger charge is -2.09. The minimum Gasteiger partial charge on any atom is -0.345 e. The number of amides is 1. The Hall–Kier alpha value is -3.11. The highest BCUT2D eigenvalue weighted by molar-refractivity contribution is 5.94. The maximum absolute atomic E-state index is 12.8. The number of nitrogens with zero attached hydrogens (tertiary/aromatic N) is 3. The van der Waals surface area contributed by atoms with Gasteiger partial charge >= 0.3 is 12.4 Å². The van der Waals surface area contributed by atoms with Crippen molar-refractivity contribution in [1.82, 2.24) is 19.9 Å². The van der Waals surface area contributed by atoms with Gasteiger partial charge in [0.05, 0.1) is 17.7 Å². The van der Waals surface area contributed by atoms with Crippen LogP contribution in [0.4, 0.5) is 26.3 Å². The van der Waals surface area contributed by atoms with Gasteiger partial charge in [0.2, 0.25) is 0 Å². The first kappa shape index (κ1) is 18.7. The van der Waals surface area contributed by atoms with E-state index in [9.17, 15) is 31.1 Å². The summed E-state index contributed by atoms with van der Waals surface area (Å²) in [6, 6.07) is 5.52. The lowest BCUT2D eigenvalue weighted by atomic mass is 10.1. The summed E-state index contributed by atoms with van der Waals surface area (Å²) < 4.78 is 77.0. The summed E-state index contributed by atoms with van der Waals surface area (Å²) >= 11 is 0. The molecule has 27 heavy (non-hydrogen) atoms. The number of alkyl halides is 6. The summed E-state index contributed by atoms with van der Waals surface area (Å²) in [7, 11) is 0. The van der Waals surface area contributed by atoms with E-state index >= 15 is 0 Å². The Morgan fingerprint density at radius 1 is 0.889 bits per heavy atom. The predicted molar refractivity (Wildman–Crippen MR) is 80.6 cm³/mol. The summed E-state index contributed by atoms with van der Waals surface area (Å²) in [6.45, 7) is -0.262. The molecule has 0 fully saturated rings. The first-order valence-electron chi connectivity index (χ1n) is 7.42. The molecule has 0 radical (unpaired) electrons. The molecule has 0 aliphatic rings. The van der Waals surface area contributed by atoms with Crippen molar-refractivity contribution in [1.29, 1.82) is 0 Å². The molecule has 1 N–H and O–H groups in total. The SMILES string of the molecule is O=C(NCc1nnc2ccc(C(F)(F)F)cn12)c1ccc(C(F)(F)F)cc1. The van der Waals surface area contributed by atoms with E-state index in [1.165, 1.54) is 0 Å². The molecule has 11 heteroatoms. The largest absolute Gasteiger partial charge is 0.417 e. The van der Waals surface area contributed by atoms with Crippen molar-refractivity contribution >= 4 is 11.6 Å². The molecule has 3 aromatic rings. The van der Waals surface area contributed by atoms with Gasteiger partial charge in [-0.2, -0.15) is 26.3 Å². The van der Waals surface area contributed by atoms with Crippen molar-refractivity contribution in [3.63, 3.8) is 0 Å². The minimum absolute atomic E-state index is 0.0344. The fraction of sp³-hybridized carbons (Fsp3) is 0.188. The van der Waals surface area contributed by atoms with Crippen molar-refractivity contribution in [3.05, 3.63) is 65.1 Å². The summed E-state index contributed by atoms with van der Waals surface area (Å²) in [5.74, 6) is -0.663.